The Hall–Kier alpha value is -1.66. The van der Waals surface area contributed by atoms with Gasteiger partial charge in [-0.25, -0.2) is 9.59 Å². The van der Waals surface area contributed by atoms with Crippen LogP contribution in [0.15, 0.2) is 0 Å². The smallest absolute Gasteiger partial charge is 0.407 e. The van der Waals surface area contributed by atoms with E-state index < -0.39 is 59.9 Å². The first-order chi connectivity index (χ1) is 15.4. The van der Waals surface area contributed by atoms with Crippen LogP contribution in [0, 0.1) is 5.92 Å². The van der Waals surface area contributed by atoms with E-state index in [0.29, 0.717) is 19.3 Å². The van der Waals surface area contributed by atoms with Gasteiger partial charge in [0.25, 0.3) is 0 Å². The molecule has 0 radical (unpaired) electrons. The zero-order chi connectivity index (χ0) is 26.4. The number of ether oxygens (including phenoxy) is 2. The SMILES string of the molecule is CC(C)(C)OC(=O)N[C@@H]1C[C@H](N)[C@@H](O)C[C@H]1O.C[C@@H]1C[C@H](NC(=O)OC(C)(C)C)[C@@H](O)C[C@H]1O. The van der Waals surface area contributed by atoms with Crippen LogP contribution in [-0.4, -0.2) is 86.4 Å². The molecule has 2 aliphatic rings. The highest BCUT2D eigenvalue weighted by molar-refractivity contribution is 5.68. The third kappa shape index (κ3) is 11.2. The predicted octanol–water partition coefficient (Wildman–Crippen LogP) is 0.754. The molecule has 34 heavy (non-hydrogen) atoms. The molecular weight excluding hydrogens is 446 g/mol. The summed E-state index contributed by atoms with van der Waals surface area (Å²) in [5, 5.41) is 43.8. The number of hydrogen-bond donors (Lipinski definition) is 7. The fourth-order valence-electron chi connectivity index (χ4n) is 3.78. The maximum atomic E-state index is 11.6. The van der Waals surface area contributed by atoms with Gasteiger partial charge < -0.3 is 46.3 Å². The third-order valence-corrected chi connectivity index (χ3v) is 5.60. The van der Waals surface area contributed by atoms with Crippen molar-refractivity contribution in [1.29, 1.82) is 0 Å². The maximum absolute atomic E-state index is 11.6. The van der Waals surface area contributed by atoms with Crippen molar-refractivity contribution in [2.45, 2.75) is 128 Å². The molecule has 0 bridgehead atoms. The van der Waals surface area contributed by atoms with Crippen LogP contribution in [0.4, 0.5) is 9.59 Å². The lowest BCUT2D eigenvalue weighted by Gasteiger charge is -2.35. The maximum Gasteiger partial charge on any atom is 0.407 e. The molecule has 2 amide bonds. The molecule has 0 unspecified atom stereocenters. The zero-order valence-electron chi connectivity index (χ0n) is 21.4. The van der Waals surface area contributed by atoms with E-state index in [9.17, 15) is 30.0 Å². The average Bonchev–Trinajstić information content (AvgIpc) is 2.61. The number of nitrogens with one attached hydrogen (secondary N) is 2. The second kappa shape index (κ2) is 12.3. The van der Waals surface area contributed by atoms with Gasteiger partial charge >= 0.3 is 12.2 Å². The summed E-state index contributed by atoms with van der Waals surface area (Å²) in [4.78, 5) is 23.1. The Morgan fingerprint density at radius 2 is 1.09 bits per heavy atom. The lowest BCUT2D eigenvalue weighted by Crippen LogP contribution is -2.55. The number of hydrogen-bond acceptors (Lipinski definition) is 9. The molecule has 2 saturated carbocycles. The number of alkyl carbamates (subject to hydrolysis) is 2. The van der Waals surface area contributed by atoms with Gasteiger partial charge in [0.2, 0.25) is 0 Å². The Morgan fingerprint density at radius 1 is 0.706 bits per heavy atom. The molecule has 2 rings (SSSR count). The Kier molecular flexibility index (Phi) is 11.0. The number of carbonyl (C=O) groups excluding carboxylic acids is 2. The van der Waals surface area contributed by atoms with E-state index in [1.807, 2.05) is 6.92 Å². The van der Waals surface area contributed by atoms with Gasteiger partial charge in [-0.1, -0.05) is 6.92 Å². The molecular formula is C23H45N3O8. The second-order valence-electron chi connectivity index (χ2n) is 11.4. The highest BCUT2D eigenvalue weighted by Gasteiger charge is 2.36. The molecule has 11 heteroatoms. The average molecular weight is 492 g/mol. The number of nitrogens with two attached hydrogens (primary N) is 1. The Morgan fingerprint density at radius 3 is 1.50 bits per heavy atom. The number of aliphatic hydroxyl groups excluding tert-OH is 4. The lowest BCUT2D eigenvalue weighted by molar-refractivity contribution is -0.0187. The molecule has 8 N–H and O–H groups in total. The van der Waals surface area contributed by atoms with Crippen LogP contribution in [0.1, 0.15) is 74.1 Å². The first kappa shape index (κ1) is 30.4. The molecule has 11 nitrogen and oxygen atoms in total. The van der Waals surface area contributed by atoms with Crippen molar-refractivity contribution in [1.82, 2.24) is 10.6 Å². The molecule has 0 aromatic carbocycles. The number of carbonyl (C=O) groups is 2. The van der Waals surface area contributed by atoms with Gasteiger partial charge in [0.05, 0.1) is 36.5 Å². The molecule has 0 aliphatic heterocycles. The summed E-state index contributed by atoms with van der Waals surface area (Å²) >= 11 is 0. The van der Waals surface area contributed by atoms with Crippen molar-refractivity contribution in [3.8, 4) is 0 Å². The summed E-state index contributed by atoms with van der Waals surface area (Å²) in [6.45, 7) is 12.6. The molecule has 200 valence electrons. The van der Waals surface area contributed by atoms with Crippen LogP contribution < -0.4 is 16.4 Å². The summed E-state index contributed by atoms with van der Waals surface area (Å²) in [5.41, 5.74) is 4.56. The first-order valence-corrected chi connectivity index (χ1v) is 11.8. The van der Waals surface area contributed by atoms with Gasteiger partial charge in [0, 0.05) is 18.9 Å². The summed E-state index contributed by atoms with van der Waals surface area (Å²) in [5.74, 6) is 0.0679. The van der Waals surface area contributed by atoms with Crippen LogP contribution in [-0.2, 0) is 9.47 Å². The van der Waals surface area contributed by atoms with E-state index in [0.717, 1.165) is 0 Å². The van der Waals surface area contributed by atoms with Crippen LogP contribution in [0.2, 0.25) is 0 Å². The van der Waals surface area contributed by atoms with Crippen LogP contribution in [0.5, 0.6) is 0 Å². The van der Waals surface area contributed by atoms with E-state index in [1.165, 1.54) is 0 Å². The Labute approximate surface area is 202 Å². The van der Waals surface area contributed by atoms with E-state index in [-0.39, 0.29) is 18.4 Å². The van der Waals surface area contributed by atoms with E-state index in [4.69, 9.17) is 15.2 Å². The summed E-state index contributed by atoms with van der Waals surface area (Å²) < 4.78 is 10.2. The van der Waals surface area contributed by atoms with Crippen molar-refractivity contribution in [2.75, 3.05) is 0 Å². The van der Waals surface area contributed by atoms with Crippen molar-refractivity contribution in [2.24, 2.45) is 11.7 Å². The van der Waals surface area contributed by atoms with E-state index in [1.54, 1.807) is 41.5 Å². The molecule has 0 spiro atoms. The van der Waals surface area contributed by atoms with Gasteiger partial charge in [0.1, 0.15) is 11.2 Å². The van der Waals surface area contributed by atoms with Crippen LogP contribution in [0.3, 0.4) is 0 Å². The quantitative estimate of drug-likeness (QED) is 0.293. The van der Waals surface area contributed by atoms with Gasteiger partial charge in [-0.3, -0.25) is 0 Å². The molecule has 0 saturated heterocycles. The minimum Gasteiger partial charge on any atom is -0.444 e. The van der Waals surface area contributed by atoms with E-state index >= 15 is 0 Å². The van der Waals surface area contributed by atoms with Gasteiger partial charge in [-0.05, 0) is 60.3 Å². The van der Waals surface area contributed by atoms with Gasteiger partial charge in [-0.2, -0.15) is 0 Å². The van der Waals surface area contributed by atoms with Crippen molar-refractivity contribution >= 4 is 12.2 Å². The number of amides is 2. The summed E-state index contributed by atoms with van der Waals surface area (Å²) in [7, 11) is 0. The van der Waals surface area contributed by atoms with Crippen LogP contribution in [0.25, 0.3) is 0 Å². The Bertz CT molecular complexity index is 608. The minimum atomic E-state index is -0.794. The molecule has 0 aromatic heterocycles. The standard InChI is InChI=1S/C12H23NO4.C11H22N2O4/c1-7-5-8(10(15)6-9(7)14)13-11(16)17-12(2,3)4;1-11(2,3)17-10(16)13-7-4-6(12)8(14)5-9(7)15/h7-10,14-15H,5-6H2,1-4H3,(H,13,16);6-9,14-15H,4-5,12H2,1-3H3,(H,13,16)/t7-,8+,9-,10+;6-,7+,8-,9+/m10/s1. The van der Waals surface area contributed by atoms with Gasteiger partial charge in [-0.15, -0.1) is 0 Å². The molecule has 2 fully saturated rings. The van der Waals surface area contributed by atoms with Crippen LogP contribution >= 0.6 is 0 Å². The Balaban J connectivity index is 0.000000340. The normalized spacial score (nSPS) is 34.2. The minimum absolute atomic E-state index is 0.0679. The molecule has 8 atom stereocenters. The summed E-state index contributed by atoms with van der Waals surface area (Å²) in [6.07, 6.45) is -2.48. The highest BCUT2D eigenvalue weighted by Crippen LogP contribution is 2.25. The number of rotatable bonds is 2. The van der Waals surface area contributed by atoms with E-state index in [2.05, 4.69) is 10.6 Å². The lowest BCUT2D eigenvalue weighted by atomic mass is 9.83. The first-order valence-electron chi connectivity index (χ1n) is 11.8. The fourth-order valence-corrected chi connectivity index (χ4v) is 3.78. The molecule has 0 heterocycles. The monoisotopic (exact) mass is 491 g/mol. The van der Waals surface area contributed by atoms with Gasteiger partial charge in [0.15, 0.2) is 0 Å². The predicted molar refractivity (Wildman–Crippen MR) is 126 cm³/mol. The highest BCUT2D eigenvalue weighted by atomic mass is 16.6. The second-order valence-corrected chi connectivity index (χ2v) is 11.4. The van der Waals surface area contributed by atoms with Crippen molar-refractivity contribution in [3.63, 3.8) is 0 Å². The van der Waals surface area contributed by atoms with Crippen molar-refractivity contribution < 1.29 is 39.5 Å². The fraction of sp³-hybridized carbons (Fsp3) is 0.913. The largest absolute Gasteiger partial charge is 0.444 e. The number of aliphatic hydroxyl groups is 4. The van der Waals surface area contributed by atoms with Crippen molar-refractivity contribution in [3.05, 3.63) is 0 Å². The summed E-state index contributed by atoms with van der Waals surface area (Å²) in [6, 6.07) is -1.25. The molecule has 2 aliphatic carbocycles. The molecule has 0 aromatic rings. The zero-order valence-corrected chi connectivity index (χ0v) is 21.4. The third-order valence-electron chi connectivity index (χ3n) is 5.60. The topological polar surface area (TPSA) is 184 Å².